The Morgan fingerprint density at radius 3 is 2.48 bits per heavy atom. The van der Waals surface area contributed by atoms with Crippen LogP contribution >= 0.6 is 0 Å². The van der Waals surface area contributed by atoms with Gasteiger partial charge in [0.2, 0.25) is 11.8 Å². The predicted octanol–water partition coefficient (Wildman–Crippen LogP) is 2.88. The average Bonchev–Trinajstić information content (AvgIpc) is 3.17. The fourth-order valence-corrected chi connectivity index (χ4v) is 3.72. The fourth-order valence-electron chi connectivity index (χ4n) is 3.72. The minimum absolute atomic E-state index is 0.0467. The van der Waals surface area contributed by atoms with Gasteiger partial charge in [-0.15, -0.1) is 0 Å². The van der Waals surface area contributed by atoms with Gasteiger partial charge in [0, 0.05) is 24.7 Å². The molecule has 2 amide bonds. The molecule has 2 aromatic rings. The van der Waals surface area contributed by atoms with Gasteiger partial charge in [0.15, 0.2) is 0 Å². The maximum atomic E-state index is 13.3. The van der Waals surface area contributed by atoms with E-state index in [9.17, 15) is 14.0 Å². The van der Waals surface area contributed by atoms with Crippen LogP contribution in [0.3, 0.4) is 0 Å². The Morgan fingerprint density at radius 1 is 1.17 bits per heavy atom. The molecular weight excluding hydrogens is 373 g/mol. The van der Waals surface area contributed by atoms with Gasteiger partial charge < -0.3 is 15.4 Å². The van der Waals surface area contributed by atoms with E-state index >= 15 is 0 Å². The van der Waals surface area contributed by atoms with E-state index in [0.717, 1.165) is 30.7 Å². The molecule has 3 rings (SSSR count). The molecule has 1 aliphatic heterocycles. The minimum Gasteiger partial charge on any atom is -0.497 e. The normalized spacial score (nSPS) is 16.6. The monoisotopic (exact) mass is 399 g/mol. The highest BCUT2D eigenvalue weighted by atomic mass is 19.1. The largest absolute Gasteiger partial charge is 0.497 e. The lowest BCUT2D eigenvalue weighted by atomic mass is 10.0. The van der Waals surface area contributed by atoms with Gasteiger partial charge >= 0.3 is 0 Å². The first-order valence-electron chi connectivity index (χ1n) is 9.70. The highest BCUT2D eigenvalue weighted by molar-refractivity contribution is 5.95. The molecule has 0 aromatic heterocycles. The molecule has 7 heteroatoms. The van der Waals surface area contributed by atoms with Crippen molar-refractivity contribution in [3.05, 3.63) is 59.9 Å². The summed E-state index contributed by atoms with van der Waals surface area (Å²) < 4.78 is 18.5. The molecule has 0 saturated carbocycles. The lowest BCUT2D eigenvalue weighted by molar-refractivity contribution is -0.120. The van der Waals surface area contributed by atoms with E-state index in [4.69, 9.17) is 10.5 Å². The number of amides is 2. The van der Waals surface area contributed by atoms with Gasteiger partial charge in [-0.05, 0) is 61.3 Å². The van der Waals surface area contributed by atoms with Crippen molar-refractivity contribution in [3.63, 3.8) is 0 Å². The van der Waals surface area contributed by atoms with E-state index in [0.29, 0.717) is 5.69 Å². The van der Waals surface area contributed by atoms with E-state index in [1.807, 2.05) is 24.3 Å². The Morgan fingerprint density at radius 2 is 1.86 bits per heavy atom. The van der Waals surface area contributed by atoms with Crippen LogP contribution < -0.4 is 15.4 Å². The number of carbonyl (C=O) groups excluding carboxylic acids is 2. The van der Waals surface area contributed by atoms with Crippen molar-refractivity contribution >= 4 is 17.5 Å². The standard InChI is InChI=1S/C22H26FN3O3/c1-29-19-10-4-16(5-11-19)20-3-2-13-25(20)15-22(28)26(14-12-21(24)27)18-8-6-17(23)7-9-18/h4-11,20H,2-3,12-15H2,1H3,(H2,24,27). The Bertz CT molecular complexity index is 839. The first kappa shape index (κ1) is 20.8. The lowest BCUT2D eigenvalue weighted by Crippen LogP contribution is -2.41. The fraction of sp³-hybridized carbons (Fsp3) is 0.364. The molecule has 2 N–H and O–H groups in total. The zero-order valence-electron chi connectivity index (χ0n) is 16.5. The van der Waals surface area contributed by atoms with Crippen molar-refractivity contribution in [1.29, 1.82) is 0 Å². The van der Waals surface area contributed by atoms with E-state index in [1.165, 1.54) is 17.0 Å². The van der Waals surface area contributed by atoms with Gasteiger partial charge in [-0.25, -0.2) is 4.39 Å². The second-order valence-electron chi connectivity index (χ2n) is 7.14. The predicted molar refractivity (Wildman–Crippen MR) is 109 cm³/mol. The van der Waals surface area contributed by atoms with Crippen molar-refractivity contribution < 1.29 is 18.7 Å². The smallest absolute Gasteiger partial charge is 0.241 e. The number of likely N-dealkylation sites (tertiary alicyclic amines) is 1. The molecule has 1 atom stereocenters. The van der Waals surface area contributed by atoms with E-state index in [-0.39, 0.29) is 37.3 Å². The Hall–Kier alpha value is -2.93. The summed E-state index contributed by atoms with van der Waals surface area (Å²) in [6, 6.07) is 13.7. The molecule has 6 nitrogen and oxygen atoms in total. The number of hydrogen-bond acceptors (Lipinski definition) is 4. The van der Waals surface area contributed by atoms with Crippen LogP contribution in [0.2, 0.25) is 0 Å². The van der Waals surface area contributed by atoms with Gasteiger partial charge in [-0.2, -0.15) is 0 Å². The molecule has 1 fully saturated rings. The number of methoxy groups -OCH3 is 1. The van der Waals surface area contributed by atoms with E-state index in [2.05, 4.69) is 4.90 Å². The maximum absolute atomic E-state index is 13.3. The van der Waals surface area contributed by atoms with Crippen molar-refractivity contribution in [1.82, 2.24) is 4.90 Å². The third-order valence-electron chi connectivity index (χ3n) is 5.22. The maximum Gasteiger partial charge on any atom is 0.241 e. The molecule has 1 unspecified atom stereocenters. The van der Waals surface area contributed by atoms with Crippen LogP contribution in [0.4, 0.5) is 10.1 Å². The molecule has 0 radical (unpaired) electrons. The molecule has 2 aromatic carbocycles. The lowest BCUT2D eigenvalue weighted by Gasteiger charge is -2.29. The number of rotatable bonds is 8. The van der Waals surface area contributed by atoms with Gasteiger partial charge in [0.25, 0.3) is 0 Å². The minimum atomic E-state index is -0.484. The summed E-state index contributed by atoms with van der Waals surface area (Å²) in [4.78, 5) is 28.0. The average molecular weight is 399 g/mol. The highest BCUT2D eigenvalue weighted by Crippen LogP contribution is 2.32. The molecule has 29 heavy (non-hydrogen) atoms. The Balaban J connectivity index is 1.74. The second-order valence-corrected chi connectivity index (χ2v) is 7.14. The topological polar surface area (TPSA) is 75.9 Å². The third-order valence-corrected chi connectivity index (χ3v) is 5.22. The molecular formula is C22H26FN3O3. The summed E-state index contributed by atoms with van der Waals surface area (Å²) in [6.45, 7) is 1.20. The summed E-state index contributed by atoms with van der Waals surface area (Å²) in [5.41, 5.74) is 6.96. The van der Waals surface area contributed by atoms with Crippen LogP contribution in [0.25, 0.3) is 0 Å². The van der Waals surface area contributed by atoms with Crippen molar-refractivity contribution in [2.75, 3.05) is 31.6 Å². The van der Waals surface area contributed by atoms with Crippen molar-refractivity contribution in [3.8, 4) is 5.75 Å². The summed E-state index contributed by atoms with van der Waals surface area (Å²) in [5, 5.41) is 0. The molecule has 0 spiro atoms. The molecule has 1 heterocycles. The third kappa shape index (κ3) is 5.32. The zero-order chi connectivity index (χ0) is 20.8. The molecule has 1 aliphatic rings. The number of carbonyl (C=O) groups is 2. The highest BCUT2D eigenvalue weighted by Gasteiger charge is 2.29. The molecule has 1 saturated heterocycles. The first-order chi connectivity index (χ1) is 14.0. The molecule has 0 aliphatic carbocycles. The van der Waals surface area contributed by atoms with Crippen LogP contribution in [-0.2, 0) is 9.59 Å². The summed E-state index contributed by atoms with van der Waals surface area (Å²) >= 11 is 0. The summed E-state index contributed by atoms with van der Waals surface area (Å²) in [5.74, 6) is -0.209. The number of nitrogens with two attached hydrogens (primary N) is 1. The van der Waals surface area contributed by atoms with E-state index < -0.39 is 5.91 Å². The summed E-state index contributed by atoms with van der Waals surface area (Å²) in [7, 11) is 1.63. The van der Waals surface area contributed by atoms with Gasteiger partial charge in [0.1, 0.15) is 11.6 Å². The van der Waals surface area contributed by atoms with Crippen LogP contribution in [0, 0.1) is 5.82 Å². The van der Waals surface area contributed by atoms with E-state index in [1.54, 1.807) is 19.2 Å². The number of ether oxygens (including phenoxy) is 1. The van der Waals surface area contributed by atoms with Gasteiger partial charge in [0.05, 0.1) is 13.7 Å². The second kappa shape index (κ2) is 9.52. The van der Waals surface area contributed by atoms with Crippen LogP contribution in [0.1, 0.15) is 30.9 Å². The number of nitrogens with zero attached hydrogens (tertiary/aromatic N) is 2. The summed E-state index contributed by atoms with van der Waals surface area (Å²) in [6.07, 6.45) is 2.02. The zero-order valence-corrected chi connectivity index (χ0v) is 16.5. The molecule has 0 bridgehead atoms. The Kier molecular flexibility index (Phi) is 6.82. The van der Waals surface area contributed by atoms with Crippen LogP contribution in [-0.4, -0.2) is 43.5 Å². The Labute approximate surface area is 170 Å². The van der Waals surface area contributed by atoms with Crippen LogP contribution in [0.15, 0.2) is 48.5 Å². The number of benzene rings is 2. The van der Waals surface area contributed by atoms with Crippen molar-refractivity contribution in [2.45, 2.75) is 25.3 Å². The van der Waals surface area contributed by atoms with Gasteiger partial charge in [-0.1, -0.05) is 12.1 Å². The number of primary amides is 1. The van der Waals surface area contributed by atoms with Crippen LogP contribution in [0.5, 0.6) is 5.75 Å². The number of anilines is 1. The quantitative estimate of drug-likeness (QED) is 0.741. The number of halogens is 1. The molecule has 154 valence electrons. The SMILES string of the molecule is COc1ccc(C2CCCN2CC(=O)N(CCC(N)=O)c2ccc(F)cc2)cc1. The number of hydrogen-bond donors (Lipinski definition) is 1. The van der Waals surface area contributed by atoms with Crippen molar-refractivity contribution in [2.24, 2.45) is 5.73 Å². The first-order valence-corrected chi connectivity index (χ1v) is 9.70. The van der Waals surface area contributed by atoms with Gasteiger partial charge in [-0.3, -0.25) is 14.5 Å².